The Bertz CT molecular complexity index is 1690. The number of halogens is 2. The maximum atomic E-state index is 13.0. The molecule has 0 saturated carbocycles. The predicted octanol–water partition coefficient (Wildman–Crippen LogP) is 6.18. The number of amides is 1. The number of carbonyl (C=O) groups is 1. The van der Waals surface area contributed by atoms with E-state index >= 15 is 0 Å². The Kier molecular flexibility index (Phi) is 6.65. The van der Waals surface area contributed by atoms with Gasteiger partial charge in [0.15, 0.2) is 22.6 Å². The van der Waals surface area contributed by atoms with Gasteiger partial charge >= 0.3 is 6.03 Å². The fourth-order valence-corrected chi connectivity index (χ4v) is 4.40. The zero-order valence-corrected chi connectivity index (χ0v) is 21.4. The second-order valence-electron chi connectivity index (χ2n) is 8.29. The van der Waals surface area contributed by atoms with Crippen LogP contribution in [0, 0.1) is 6.57 Å². The molecular formula is C25H20Cl2N8O2. The molecule has 0 radical (unpaired) electrons. The minimum Gasteiger partial charge on any atom is -0.455 e. The zero-order valence-electron chi connectivity index (χ0n) is 19.9. The Hall–Kier alpha value is -4.20. The van der Waals surface area contributed by atoms with Gasteiger partial charge in [0.25, 0.3) is 0 Å². The SMILES string of the molecule is [C-]#[N+]c1cc(Cl)cc(Oc2c(Cl)ccc3c2nnn3Cc2nn(C(=O)N(C)CCC)c3ncccc23)c1. The van der Waals surface area contributed by atoms with Gasteiger partial charge in [0.2, 0.25) is 0 Å². The predicted molar refractivity (Wildman–Crippen MR) is 141 cm³/mol. The molecule has 0 atom stereocenters. The summed E-state index contributed by atoms with van der Waals surface area (Å²) in [5.41, 5.74) is 2.50. The van der Waals surface area contributed by atoms with E-state index in [-0.39, 0.29) is 18.3 Å². The number of rotatable bonds is 6. The molecule has 10 nitrogen and oxygen atoms in total. The Labute approximate surface area is 221 Å². The van der Waals surface area contributed by atoms with E-state index in [0.717, 1.165) is 11.8 Å². The highest BCUT2D eigenvalue weighted by atomic mass is 35.5. The molecule has 1 amide bonds. The van der Waals surface area contributed by atoms with Gasteiger partial charge in [0, 0.05) is 30.2 Å². The fraction of sp³-hybridized carbons (Fsp3) is 0.200. The lowest BCUT2D eigenvalue weighted by molar-refractivity contribution is 0.208. The molecule has 3 heterocycles. The van der Waals surface area contributed by atoms with Crippen molar-refractivity contribution in [3.05, 3.63) is 75.8 Å². The summed E-state index contributed by atoms with van der Waals surface area (Å²) in [5.74, 6) is 0.644. The minimum absolute atomic E-state index is 0.233. The molecule has 5 aromatic rings. The van der Waals surface area contributed by atoms with Gasteiger partial charge in [0.1, 0.15) is 5.75 Å². The van der Waals surface area contributed by atoms with E-state index in [1.165, 1.54) is 4.68 Å². The molecule has 186 valence electrons. The molecule has 0 aliphatic carbocycles. The minimum atomic E-state index is -0.261. The molecule has 12 heteroatoms. The summed E-state index contributed by atoms with van der Waals surface area (Å²) in [6.45, 7) is 10.1. The van der Waals surface area contributed by atoms with Gasteiger partial charge in [0.05, 0.1) is 29.4 Å². The van der Waals surface area contributed by atoms with Crippen LogP contribution < -0.4 is 4.74 Å². The van der Waals surface area contributed by atoms with Crippen LogP contribution >= 0.6 is 23.2 Å². The summed E-state index contributed by atoms with van der Waals surface area (Å²) in [5, 5.41) is 14.6. The summed E-state index contributed by atoms with van der Waals surface area (Å²) in [6, 6.07) is 11.6. The van der Waals surface area contributed by atoms with E-state index < -0.39 is 0 Å². The molecule has 37 heavy (non-hydrogen) atoms. The van der Waals surface area contributed by atoms with Crippen molar-refractivity contribution in [2.75, 3.05) is 13.6 Å². The van der Waals surface area contributed by atoms with E-state index in [9.17, 15) is 4.79 Å². The van der Waals surface area contributed by atoms with Crippen molar-refractivity contribution in [3.63, 3.8) is 0 Å². The third kappa shape index (κ3) is 4.67. The number of carbonyl (C=O) groups excluding carboxylic acids is 1. The first-order valence-corrected chi connectivity index (χ1v) is 12.1. The van der Waals surface area contributed by atoms with E-state index in [4.69, 9.17) is 34.5 Å². The number of fused-ring (bicyclic) bond motifs is 2. The van der Waals surface area contributed by atoms with Crippen LogP contribution in [0.25, 0.3) is 26.9 Å². The molecule has 0 aliphatic heterocycles. The van der Waals surface area contributed by atoms with E-state index in [1.54, 1.807) is 59.2 Å². The van der Waals surface area contributed by atoms with Gasteiger partial charge < -0.3 is 9.64 Å². The largest absolute Gasteiger partial charge is 0.455 e. The first-order chi connectivity index (χ1) is 17.9. The Morgan fingerprint density at radius 2 is 2.05 bits per heavy atom. The maximum Gasteiger partial charge on any atom is 0.346 e. The van der Waals surface area contributed by atoms with Gasteiger partial charge in [-0.15, -0.1) is 5.10 Å². The lowest BCUT2D eigenvalue weighted by Crippen LogP contribution is -2.32. The molecule has 5 rings (SSSR count). The molecule has 2 aromatic carbocycles. The molecule has 0 aliphatic rings. The molecule has 0 unspecified atom stereocenters. The summed E-state index contributed by atoms with van der Waals surface area (Å²) in [7, 11) is 1.74. The topological polar surface area (TPSA) is 95.3 Å². The lowest BCUT2D eigenvalue weighted by atomic mass is 10.2. The zero-order chi connectivity index (χ0) is 26.1. The highest BCUT2D eigenvalue weighted by molar-refractivity contribution is 6.33. The van der Waals surface area contributed by atoms with E-state index in [1.807, 2.05) is 13.0 Å². The molecule has 0 saturated heterocycles. The molecule has 0 bridgehead atoms. The molecule has 0 fully saturated rings. The number of hydrogen-bond donors (Lipinski definition) is 0. The first-order valence-electron chi connectivity index (χ1n) is 11.3. The Morgan fingerprint density at radius 3 is 2.84 bits per heavy atom. The number of ether oxygens (including phenoxy) is 1. The van der Waals surface area contributed by atoms with Crippen LogP contribution in [-0.2, 0) is 6.54 Å². The number of nitrogens with zero attached hydrogens (tertiary/aromatic N) is 8. The van der Waals surface area contributed by atoms with Crippen molar-refractivity contribution in [2.24, 2.45) is 0 Å². The molecular weight excluding hydrogens is 515 g/mol. The van der Waals surface area contributed by atoms with E-state index in [2.05, 4.69) is 25.2 Å². The highest BCUT2D eigenvalue weighted by Gasteiger charge is 2.21. The highest BCUT2D eigenvalue weighted by Crippen LogP contribution is 2.37. The van der Waals surface area contributed by atoms with Crippen molar-refractivity contribution in [2.45, 2.75) is 19.9 Å². The lowest BCUT2D eigenvalue weighted by Gasteiger charge is -2.15. The quantitative estimate of drug-likeness (QED) is 0.241. The number of aromatic nitrogens is 6. The summed E-state index contributed by atoms with van der Waals surface area (Å²) in [6.07, 6.45) is 2.46. The van der Waals surface area contributed by atoms with Crippen molar-refractivity contribution >= 4 is 57.0 Å². The van der Waals surface area contributed by atoms with Crippen LogP contribution in [0.15, 0.2) is 48.7 Å². The van der Waals surface area contributed by atoms with Crippen molar-refractivity contribution < 1.29 is 9.53 Å². The van der Waals surface area contributed by atoms with Crippen LogP contribution in [0.5, 0.6) is 11.5 Å². The number of pyridine rings is 1. The van der Waals surface area contributed by atoms with Crippen LogP contribution in [0.3, 0.4) is 0 Å². The van der Waals surface area contributed by atoms with Crippen LogP contribution in [0.1, 0.15) is 19.0 Å². The second-order valence-corrected chi connectivity index (χ2v) is 9.13. The van der Waals surface area contributed by atoms with Crippen LogP contribution in [0.4, 0.5) is 10.5 Å². The average Bonchev–Trinajstić information content (AvgIpc) is 3.47. The van der Waals surface area contributed by atoms with Gasteiger partial charge in [-0.1, -0.05) is 35.3 Å². The monoisotopic (exact) mass is 534 g/mol. The summed E-state index contributed by atoms with van der Waals surface area (Å²) >= 11 is 12.6. The third-order valence-corrected chi connectivity index (χ3v) is 6.20. The van der Waals surface area contributed by atoms with Crippen LogP contribution in [-0.4, -0.2) is 54.3 Å². The van der Waals surface area contributed by atoms with Crippen molar-refractivity contribution in [1.82, 2.24) is 34.7 Å². The van der Waals surface area contributed by atoms with Crippen molar-refractivity contribution in [1.29, 1.82) is 0 Å². The number of benzene rings is 2. The van der Waals surface area contributed by atoms with Gasteiger partial charge in [-0.25, -0.2) is 19.3 Å². The van der Waals surface area contributed by atoms with E-state index in [0.29, 0.717) is 50.4 Å². The average molecular weight is 535 g/mol. The van der Waals surface area contributed by atoms with Gasteiger partial charge in [-0.3, -0.25) is 0 Å². The molecule has 0 spiro atoms. The summed E-state index contributed by atoms with van der Waals surface area (Å²) < 4.78 is 8.98. The Balaban J connectivity index is 1.53. The fourth-order valence-electron chi connectivity index (χ4n) is 3.99. The number of hydrogen-bond acceptors (Lipinski definition) is 6. The molecule has 3 aromatic heterocycles. The first kappa shape index (κ1) is 24.5. The van der Waals surface area contributed by atoms with Crippen molar-refractivity contribution in [3.8, 4) is 11.5 Å². The van der Waals surface area contributed by atoms with Crippen LogP contribution in [0.2, 0.25) is 10.0 Å². The smallest absolute Gasteiger partial charge is 0.346 e. The van der Waals surface area contributed by atoms with Gasteiger partial charge in [-0.05, 0) is 48.9 Å². The second kappa shape index (κ2) is 10.0. The summed E-state index contributed by atoms with van der Waals surface area (Å²) in [4.78, 5) is 22.4. The standard InChI is InChI=1S/C25H20Cl2N8O2/c1-4-10-33(3)25(36)35-24-18(6-5-9-29-24)20(31-35)14-34-21-8-7-19(27)23(22(21)30-32-34)37-17-12-15(26)11-16(13-17)28-2/h5-9,11-13H,4,10,14H2,1,3H3. The third-order valence-electron chi connectivity index (χ3n) is 5.68. The Morgan fingerprint density at radius 1 is 1.22 bits per heavy atom. The normalized spacial score (nSPS) is 11.1. The molecule has 0 N–H and O–H groups in total. The maximum absolute atomic E-state index is 13.0. The van der Waals surface area contributed by atoms with Gasteiger partial charge in [-0.2, -0.15) is 9.78 Å².